The molecular weight excluding hydrogens is 505 g/mol. The second-order valence-corrected chi connectivity index (χ2v) is 9.73. The van der Waals surface area contributed by atoms with Gasteiger partial charge in [0.15, 0.2) is 0 Å². The van der Waals surface area contributed by atoms with Crippen molar-refractivity contribution in [2.45, 2.75) is 11.7 Å². The standard InChI is InChI=1S/C27H17Cl2NO6/c1-35-19-11-8-14(29)12-18(19)22-20-21(26(34)30(25(20)33)15-9-6-13(28)7-10-15)27(36-22)23(31)16-4-2-3-5-17(16)24(27)32/h2-12,20-22H,1H3/t20-,21+,22+/m1/s1. The Morgan fingerprint density at radius 3 is 2.06 bits per heavy atom. The smallest absolute Gasteiger partial charge is 0.241 e. The summed E-state index contributed by atoms with van der Waals surface area (Å²) >= 11 is 12.3. The number of ketones is 2. The second kappa shape index (κ2) is 8.00. The largest absolute Gasteiger partial charge is 0.496 e. The zero-order valence-electron chi connectivity index (χ0n) is 18.7. The van der Waals surface area contributed by atoms with Gasteiger partial charge in [0.2, 0.25) is 29.0 Å². The lowest BCUT2D eigenvalue weighted by Crippen LogP contribution is -2.51. The molecule has 0 aromatic heterocycles. The van der Waals surface area contributed by atoms with Crippen molar-refractivity contribution in [1.29, 1.82) is 0 Å². The molecule has 0 saturated carbocycles. The maximum absolute atomic E-state index is 13.9. The Morgan fingerprint density at radius 2 is 1.44 bits per heavy atom. The van der Waals surface area contributed by atoms with Crippen molar-refractivity contribution in [2.24, 2.45) is 11.8 Å². The molecule has 180 valence electrons. The van der Waals surface area contributed by atoms with Gasteiger partial charge in [-0.25, -0.2) is 4.90 Å². The third-order valence-corrected chi connectivity index (χ3v) is 7.59. The summed E-state index contributed by atoms with van der Waals surface area (Å²) in [6, 6.07) is 17.3. The van der Waals surface area contributed by atoms with Gasteiger partial charge < -0.3 is 9.47 Å². The minimum absolute atomic E-state index is 0.158. The van der Waals surface area contributed by atoms with Gasteiger partial charge in [0, 0.05) is 26.7 Å². The summed E-state index contributed by atoms with van der Waals surface area (Å²) in [7, 11) is 1.44. The monoisotopic (exact) mass is 521 g/mol. The van der Waals surface area contributed by atoms with Crippen molar-refractivity contribution in [3.8, 4) is 5.75 Å². The van der Waals surface area contributed by atoms with Crippen molar-refractivity contribution in [2.75, 3.05) is 12.0 Å². The van der Waals surface area contributed by atoms with Gasteiger partial charge in [-0.3, -0.25) is 19.2 Å². The van der Waals surface area contributed by atoms with E-state index in [2.05, 4.69) is 0 Å². The molecule has 0 N–H and O–H groups in total. The lowest BCUT2D eigenvalue weighted by atomic mass is 9.77. The molecule has 9 heteroatoms. The normalized spacial score (nSPS) is 24.0. The summed E-state index contributed by atoms with van der Waals surface area (Å²) in [5, 5.41) is 0.765. The van der Waals surface area contributed by atoms with Crippen molar-refractivity contribution < 1.29 is 28.7 Å². The maximum atomic E-state index is 13.9. The first-order valence-electron chi connectivity index (χ1n) is 11.1. The van der Waals surface area contributed by atoms with Crippen LogP contribution in [0, 0.1) is 11.8 Å². The first-order chi connectivity index (χ1) is 17.3. The van der Waals surface area contributed by atoms with Crippen molar-refractivity contribution in [1.82, 2.24) is 0 Å². The highest BCUT2D eigenvalue weighted by Crippen LogP contribution is 2.58. The van der Waals surface area contributed by atoms with Crippen LogP contribution >= 0.6 is 23.2 Å². The number of carbonyl (C=O) groups excluding carboxylic acids is 4. The van der Waals surface area contributed by atoms with Gasteiger partial charge in [-0.1, -0.05) is 47.5 Å². The van der Waals surface area contributed by atoms with E-state index in [-0.39, 0.29) is 16.8 Å². The average Bonchev–Trinajstić information content (AvgIpc) is 3.45. The van der Waals surface area contributed by atoms with E-state index in [1.165, 1.54) is 31.4 Å². The van der Waals surface area contributed by atoms with Crippen LogP contribution in [0.2, 0.25) is 10.0 Å². The molecule has 3 aromatic carbocycles. The summed E-state index contributed by atoms with van der Waals surface area (Å²) in [6.07, 6.45) is -1.14. The SMILES string of the molecule is COc1ccc(Cl)cc1[C@@H]1OC2(C(=O)c3ccccc3C2=O)[C@@H]2C(=O)N(c3ccc(Cl)cc3)C(=O)[C@H]21. The van der Waals surface area contributed by atoms with E-state index >= 15 is 0 Å². The van der Waals surface area contributed by atoms with Gasteiger partial charge in [0.05, 0.1) is 24.6 Å². The second-order valence-electron chi connectivity index (χ2n) is 8.86. The Bertz CT molecular complexity index is 1450. The number of carbonyl (C=O) groups is 4. The molecule has 2 fully saturated rings. The zero-order chi connectivity index (χ0) is 25.4. The molecule has 0 radical (unpaired) electrons. The number of hydrogen-bond donors (Lipinski definition) is 0. The molecule has 0 bridgehead atoms. The summed E-state index contributed by atoms with van der Waals surface area (Å²) < 4.78 is 11.8. The van der Waals surface area contributed by atoms with E-state index in [1.807, 2.05) is 0 Å². The van der Waals surface area contributed by atoms with Gasteiger partial charge in [-0.2, -0.15) is 0 Å². The Hall–Kier alpha value is -3.52. The first-order valence-corrected chi connectivity index (χ1v) is 11.9. The van der Waals surface area contributed by atoms with Crippen LogP contribution in [-0.2, 0) is 14.3 Å². The van der Waals surface area contributed by atoms with E-state index in [4.69, 9.17) is 32.7 Å². The Balaban J connectivity index is 1.57. The quantitative estimate of drug-likeness (QED) is 0.366. The fourth-order valence-corrected chi connectivity index (χ4v) is 5.88. The van der Waals surface area contributed by atoms with Crippen LogP contribution in [0.25, 0.3) is 0 Å². The minimum atomic E-state index is -2.18. The number of nitrogens with zero attached hydrogens (tertiary/aromatic N) is 1. The minimum Gasteiger partial charge on any atom is -0.496 e. The summed E-state index contributed by atoms with van der Waals surface area (Å²) in [4.78, 5) is 56.4. The van der Waals surface area contributed by atoms with Gasteiger partial charge in [0.25, 0.3) is 0 Å². The van der Waals surface area contributed by atoms with Crippen LogP contribution < -0.4 is 9.64 Å². The fourth-order valence-electron chi connectivity index (χ4n) is 5.57. The van der Waals surface area contributed by atoms with E-state index in [0.29, 0.717) is 21.4 Å². The number of hydrogen-bond acceptors (Lipinski definition) is 6. The van der Waals surface area contributed by atoms with Gasteiger partial charge in [-0.05, 0) is 42.5 Å². The number of benzene rings is 3. The third-order valence-electron chi connectivity index (χ3n) is 7.10. The number of amides is 2. The van der Waals surface area contributed by atoms with E-state index in [1.54, 1.807) is 42.5 Å². The number of halogens is 2. The lowest BCUT2D eigenvalue weighted by molar-refractivity contribution is -0.127. The predicted octanol–water partition coefficient (Wildman–Crippen LogP) is 4.70. The highest BCUT2D eigenvalue weighted by atomic mass is 35.5. The molecule has 2 saturated heterocycles. The van der Waals surface area contributed by atoms with Gasteiger partial charge >= 0.3 is 0 Å². The number of Topliss-reactive ketones (excluding diaryl/α,β-unsaturated/α-hetero) is 2. The molecule has 7 nitrogen and oxygen atoms in total. The molecule has 2 aliphatic heterocycles. The lowest BCUT2D eigenvalue weighted by Gasteiger charge is -2.27. The van der Waals surface area contributed by atoms with Crippen LogP contribution in [0.1, 0.15) is 32.4 Å². The highest BCUT2D eigenvalue weighted by molar-refractivity contribution is 6.37. The van der Waals surface area contributed by atoms with Gasteiger partial charge in [-0.15, -0.1) is 0 Å². The van der Waals surface area contributed by atoms with Gasteiger partial charge in [0.1, 0.15) is 11.9 Å². The molecule has 2 heterocycles. The fraction of sp³-hybridized carbons (Fsp3) is 0.185. The van der Waals surface area contributed by atoms with Crippen LogP contribution in [0.4, 0.5) is 5.69 Å². The number of ether oxygens (including phenoxy) is 2. The van der Waals surface area contributed by atoms with E-state index in [9.17, 15) is 19.2 Å². The van der Waals surface area contributed by atoms with Crippen molar-refractivity contribution >= 4 is 52.3 Å². The Morgan fingerprint density at radius 1 is 0.833 bits per heavy atom. The molecular formula is C27H17Cl2NO6. The zero-order valence-corrected chi connectivity index (χ0v) is 20.2. The summed E-state index contributed by atoms with van der Waals surface area (Å²) in [5.41, 5.74) is -1.21. The third kappa shape index (κ3) is 2.91. The van der Waals surface area contributed by atoms with E-state index < -0.39 is 46.9 Å². The molecule has 1 spiro atoms. The molecule has 1 aliphatic carbocycles. The van der Waals surface area contributed by atoms with Crippen molar-refractivity contribution in [3.05, 3.63) is 93.5 Å². The molecule has 3 aliphatic rings. The summed E-state index contributed by atoms with van der Waals surface area (Å²) in [6.45, 7) is 0. The Kier molecular flexibility index (Phi) is 5.09. The average molecular weight is 522 g/mol. The molecule has 0 unspecified atom stereocenters. The molecule has 2 amide bonds. The highest BCUT2D eigenvalue weighted by Gasteiger charge is 2.75. The Labute approximate surface area is 215 Å². The number of anilines is 1. The topological polar surface area (TPSA) is 90.0 Å². The molecule has 36 heavy (non-hydrogen) atoms. The molecule has 6 rings (SSSR count). The van der Waals surface area contributed by atoms with Crippen LogP contribution in [0.15, 0.2) is 66.7 Å². The van der Waals surface area contributed by atoms with Crippen molar-refractivity contribution in [3.63, 3.8) is 0 Å². The van der Waals surface area contributed by atoms with E-state index in [0.717, 1.165) is 4.90 Å². The number of imide groups is 1. The number of fused-ring (bicyclic) bond motifs is 3. The number of rotatable bonds is 3. The van der Waals surface area contributed by atoms with Crippen LogP contribution in [0.3, 0.4) is 0 Å². The molecule has 3 aromatic rings. The van der Waals surface area contributed by atoms with Crippen LogP contribution in [0.5, 0.6) is 5.75 Å². The number of methoxy groups -OCH3 is 1. The maximum Gasteiger partial charge on any atom is 0.241 e. The molecule has 3 atom stereocenters. The first kappa shape index (κ1) is 22.9. The van der Waals surface area contributed by atoms with Crippen LogP contribution in [-0.4, -0.2) is 36.1 Å². The summed E-state index contributed by atoms with van der Waals surface area (Å²) in [5.74, 6) is -4.75. The predicted molar refractivity (Wildman–Crippen MR) is 131 cm³/mol.